The summed E-state index contributed by atoms with van der Waals surface area (Å²) >= 11 is 1.39. The van der Waals surface area contributed by atoms with E-state index in [4.69, 9.17) is 4.74 Å². The normalized spacial score (nSPS) is 11.2. The molecule has 0 N–H and O–H groups in total. The molecule has 10 nitrogen and oxygen atoms in total. The number of thioether (sulfide) groups is 1. The largest absolute Gasteiger partial charge is 0.460 e. The first-order valence-corrected chi connectivity index (χ1v) is 19.0. The van der Waals surface area contributed by atoms with Crippen LogP contribution in [-0.4, -0.2) is 62.9 Å². The van der Waals surface area contributed by atoms with Crippen LogP contribution >= 0.6 is 11.8 Å². The molecule has 0 aromatic rings. The lowest BCUT2D eigenvalue weighted by atomic mass is 10.00. The van der Waals surface area contributed by atoms with E-state index in [1.54, 1.807) is 27.7 Å². The van der Waals surface area contributed by atoms with E-state index in [9.17, 15) is 43.2 Å². The van der Waals surface area contributed by atoms with Crippen LogP contribution in [0.2, 0.25) is 0 Å². The van der Waals surface area contributed by atoms with Gasteiger partial charge in [-0.15, -0.1) is 0 Å². The minimum atomic E-state index is -0.700. The molecule has 0 aliphatic carbocycles. The Labute approximate surface area is 297 Å². The highest BCUT2D eigenvalue weighted by Gasteiger charge is 2.20. The van der Waals surface area contributed by atoms with Gasteiger partial charge >= 0.3 is 5.97 Å². The van der Waals surface area contributed by atoms with Crippen molar-refractivity contribution in [3.63, 3.8) is 0 Å². The number of hydrogen-bond acceptors (Lipinski definition) is 11. The molecule has 0 radical (unpaired) electrons. The molecule has 0 heterocycles. The van der Waals surface area contributed by atoms with Gasteiger partial charge in [0.15, 0.2) is 5.12 Å². The van der Waals surface area contributed by atoms with Gasteiger partial charge in [-0.05, 0) is 33.6 Å². The van der Waals surface area contributed by atoms with E-state index in [2.05, 4.69) is 0 Å². The van der Waals surface area contributed by atoms with Crippen molar-refractivity contribution in [1.29, 1.82) is 0 Å². The van der Waals surface area contributed by atoms with Gasteiger partial charge in [0.05, 0.1) is 0 Å². The van der Waals surface area contributed by atoms with Gasteiger partial charge in [-0.1, -0.05) is 56.7 Å². The first-order chi connectivity index (χ1) is 23.1. The fourth-order valence-electron chi connectivity index (χ4n) is 4.93. The van der Waals surface area contributed by atoms with E-state index >= 15 is 0 Å². The number of Topliss-reactive ketones (excluding diaryl/α,β-unsaturated/α-hetero) is 7. The molecular weight excluding hydrogens is 648 g/mol. The van der Waals surface area contributed by atoms with E-state index in [1.165, 1.54) is 31.0 Å². The summed E-state index contributed by atoms with van der Waals surface area (Å²) < 4.78 is 5.08. The summed E-state index contributed by atoms with van der Waals surface area (Å²) in [5, 5.41) is 0.180. The van der Waals surface area contributed by atoms with Crippen LogP contribution in [0, 0.1) is 0 Å². The summed E-state index contributed by atoms with van der Waals surface area (Å²) in [6.07, 6.45) is 10.0. The van der Waals surface area contributed by atoms with Gasteiger partial charge in [-0.25, -0.2) is 0 Å². The minimum Gasteiger partial charge on any atom is -0.460 e. The van der Waals surface area contributed by atoms with Gasteiger partial charge < -0.3 is 4.74 Å². The average Bonchev–Trinajstić information content (AvgIpc) is 3.01. The predicted octanol–water partition coefficient (Wildman–Crippen LogP) is 7.56. The number of ether oxygens (including phenoxy) is 1. The number of ketones is 7. The molecule has 0 amide bonds. The van der Waals surface area contributed by atoms with Crippen molar-refractivity contribution in [2.45, 2.75) is 181 Å². The highest BCUT2D eigenvalue weighted by atomic mass is 32.2. The molecule has 0 fully saturated rings. The topological polar surface area (TPSA) is 163 Å². The highest BCUT2D eigenvalue weighted by Crippen LogP contribution is 2.14. The highest BCUT2D eigenvalue weighted by molar-refractivity contribution is 8.13. The van der Waals surface area contributed by atoms with Crippen molar-refractivity contribution in [2.24, 2.45) is 0 Å². The van der Waals surface area contributed by atoms with Crippen LogP contribution in [0.15, 0.2) is 0 Å². The summed E-state index contributed by atoms with van der Waals surface area (Å²) in [5.41, 5.74) is -0.700. The molecule has 0 aliphatic heterocycles. The second kappa shape index (κ2) is 27.9. The molecule has 0 rings (SSSR count). The number of esters is 1. The number of carbonyl (C=O) groups is 9. The Kier molecular flexibility index (Phi) is 26.3. The maximum atomic E-state index is 12.1. The zero-order valence-electron chi connectivity index (χ0n) is 30.5. The molecule has 278 valence electrons. The summed E-state index contributed by atoms with van der Waals surface area (Å²) in [6.45, 7) is 6.68. The second-order valence-corrected chi connectivity index (χ2v) is 15.1. The molecule has 0 saturated heterocycles. The Balaban J connectivity index is 3.83. The van der Waals surface area contributed by atoms with Crippen LogP contribution < -0.4 is 0 Å². The van der Waals surface area contributed by atoms with Crippen molar-refractivity contribution in [1.82, 2.24) is 0 Å². The standard InChI is InChI=1S/C38H60O10S/c1-29(39)49-27-13-11-9-7-5-6-8-10-12-14-30(40)15-16-31(41)17-18-32(42)19-20-33(43)21-22-34(44)23-24-35(45)25-26-36(46)28-37(47)48-38(2,3)4/h5-28H2,1-4H3. The van der Waals surface area contributed by atoms with Gasteiger partial charge in [0.1, 0.15) is 52.5 Å². The number of unbranched alkanes of at least 4 members (excludes halogenated alkanes) is 8. The summed E-state index contributed by atoms with van der Waals surface area (Å²) in [7, 11) is 0. The zero-order chi connectivity index (χ0) is 37.1. The van der Waals surface area contributed by atoms with Crippen LogP contribution in [0.1, 0.15) is 175 Å². The number of hydrogen-bond donors (Lipinski definition) is 0. The molecule has 0 atom stereocenters. The SMILES string of the molecule is CC(=O)SCCCCCCCCCCCC(=O)CCC(=O)CCC(=O)CCC(=O)CCC(=O)CCC(=O)CCC(=O)CC(=O)OC(C)(C)C. The summed E-state index contributed by atoms with van der Waals surface area (Å²) in [4.78, 5) is 107. The fourth-order valence-corrected chi connectivity index (χ4v) is 5.56. The van der Waals surface area contributed by atoms with Gasteiger partial charge in [0, 0.05) is 96.1 Å². The third-order valence-electron chi connectivity index (χ3n) is 7.76. The second-order valence-electron chi connectivity index (χ2n) is 13.8. The number of carbonyl (C=O) groups excluding carboxylic acids is 9. The monoisotopic (exact) mass is 708 g/mol. The lowest BCUT2D eigenvalue weighted by Gasteiger charge is -2.19. The summed E-state index contributed by atoms with van der Waals surface area (Å²) in [5.74, 6) is -1.19. The maximum Gasteiger partial charge on any atom is 0.313 e. The first kappa shape index (κ1) is 46.2. The molecule has 0 bridgehead atoms. The van der Waals surface area contributed by atoms with Crippen molar-refractivity contribution < 1.29 is 47.9 Å². The zero-order valence-corrected chi connectivity index (χ0v) is 31.3. The van der Waals surface area contributed by atoms with Crippen molar-refractivity contribution in [2.75, 3.05) is 5.75 Å². The summed E-state index contributed by atoms with van der Waals surface area (Å²) in [6, 6.07) is 0. The van der Waals surface area contributed by atoms with E-state index in [-0.39, 0.29) is 117 Å². The van der Waals surface area contributed by atoms with Crippen molar-refractivity contribution >= 4 is 63.3 Å². The van der Waals surface area contributed by atoms with E-state index in [0.717, 1.165) is 44.3 Å². The van der Waals surface area contributed by atoms with Gasteiger partial charge in [-0.3, -0.25) is 43.2 Å². The quantitative estimate of drug-likeness (QED) is 0.0385. The Bertz CT molecular complexity index is 1100. The maximum absolute atomic E-state index is 12.1. The predicted molar refractivity (Wildman–Crippen MR) is 190 cm³/mol. The smallest absolute Gasteiger partial charge is 0.313 e. The lowest BCUT2D eigenvalue weighted by molar-refractivity contribution is -0.156. The molecule has 0 spiro atoms. The van der Waals surface area contributed by atoms with E-state index in [0.29, 0.717) is 6.42 Å². The third kappa shape index (κ3) is 32.2. The molecule has 0 unspecified atom stereocenters. The molecular formula is C38H60O10S. The van der Waals surface area contributed by atoms with Crippen LogP contribution in [0.25, 0.3) is 0 Å². The van der Waals surface area contributed by atoms with Crippen molar-refractivity contribution in [3.8, 4) is 0 Å². The Hall–Kier alpha value is -2.82. The molecule has 0 saturated carbocycles. The van der Waals surface area contributed by atoms with Crippen LogP contribution in [0.4, 0.5) is 0 Å². The minimum absolute atomic E-state index is 0.00464. The molecule has 11 heteroatoms. The van der Waals surface area contributed by atoms with Gasteiger partial charge in [0.2, 0.25) is 0 Å². The average molecular weight is 709 g/mol. The Morgan fingerprint density at radius 1 is 0.408 bits per heavy atom. The molecule has 0 aromatic carbocycles. The Morgan fingerprint density at radius 3 is 1.02 bits per heavy atom. The van der Waals surface area contributed by atoms with E-state index < -0.39 is 23.8 Å². The molecule has 0 aliphatic rings. The van der Waals surface area contributed by atoms with Crippen LogP contribution in [-0.2, 0) is 47.9 Å². The molecule has 0 aromatic heterocycles. The van der Waals surface area contributed by atoms with Gasteiger partial charge in [0.25, 0.3) is 0 Å². The third-order valence-corrected chi connectivity index (χ3v) is 8.66. The molecule has 49 heavy (non-hydrogen) atoms. The fraction of sp³-hybridized carbons (Fsp3) is 0.763. The van der Waals surface area contributed by atoms with Gasteiger partial charge in [-0.2, -0.15) is 0 Å². The van der Waals surface area contributed by atoms with Crippen LogP contribution in [0.3, 0.4) is 0 Å². The van der Waals surface area contributed by atoms with Crippen LogP contribution in [0.5, 0.6) is 0 Å². The first-order valence-electron chi connectivity index (χ1n) is 18.0. The number of rotatable bonds is 32. The van der Waals surface area contributed by atoms with Crippen molar-refractivity contribution in [3.05, 3.63) is 0 Å². The van der Waals surface area contributed by atoms with E-state index in [1.807, 2.05) is 0 Å². The lowest BCUT2D eigenvalue weighted by Crippen LogP contribution is -2.25. The Morgan fingerprint density at radius 2 is 0.694 bits per heavy atom.